The Morgan fingerprint density at radius 2 is 2.35 bits per heavy atom. The molecule has 17 heavy (non-hydrogen) atoms. The Hall–Kier alpha value is -0.650. The third kappa shape index (κ3) is 3.66. The quantitative estimate of drug-likeness (QED) is 0.917. The third-order valence-electron chi connectivity index (χ3n) is 2.57. The zero-order valence-electron chi connectivity index (χ0n) is 9.98. The highest BCUT2D eigenvalue weighted by atomic mass is 79.9. The first-order valence-corrected chi connectivity index (χ1v) is 7.24. The summed E-state index contributed by atoms with van der Waals surface area (Å²) in [5, 5.41) is 7.76. The summed E-state index contributed by atoms with van der Waals surface area (Å²) in [5.74, 6) is 0. The van der Waals surface area contributed by atoms with Crippen molar-refractivity contribution in [1.82, 2.24) is 15.1 Å². The van der Waals surface area contributed by atoms with E-state index in [2.05, 4.69) is 58.5 Å². The Morgan fingerprint density at radius 1 is 1.53 bits per heavy atom. The molecule has 0 radical (unpaired) electrons. The standard InChI is InChI=1S/C12H16BrN3S/c1-9-7-15-16(8-9)6-5-14-10(2)11-3-4-12(13)17-11/h3-4,7-8,10,14H,5-6H2,1-2H3. The molecule has 5 heteroatoms. The van der Waals surface area contributed by atoms with Crippen LogP contribution >= 0.6 is 27.3 Å². The summed E-state index contributed by atoms with van der Waals surface area (Å²) < 4.78 is 3.16. The molecular weight excluding hydrogens is 298 g/mol. The molecule has 0 aliphatic rings. The first-order valence-electron chi connectivity index (χ1n) is 5.63. The second-order valence-electron chi connectivity index (χ2n) is 4.10. The zero-order valence-corrected chi connectivity index (χ0v) is 12.4. The minimum absolute atomic E-state index is 0.392. The average molecular weight is 314 g/mol. The summed E-state index contributed by atoms with van der Waals surface area (Å²) in [6.07, 6.45) is 3.95. The number of aryl methyl sites for hydroxylation is 1. The van der Waals surface area contributed by atoms with Gasteiger partial charge in [-0.1, -0.05) is 0 Å². The van der Waals surface area contributed by atoms with Gasteiger partial charge in [-0.2, -0.15) is 5.10 Å². The van der Waals surface area contributed by atoms with Crippen molar-refractivity contribution in [1.29, 1.82) is 0 Å². The fourth-order valence-electron chi connectivity index (χ4n) is 1.65. The van der Waals surface area contributed by atoms with Gasteiger partial charge in [0.2, 0.25) is 0 Å². The van der Waals surface area contributed by atoms with Gasteiger partial charge >= 0.3 is 0 Å². The Labute approximate surface area is 114 Å². The van der Waals surface area contributed by atoms with Crippen molar-refractivity contribution in [3.05, 3.63) is 38.8 Å². The van der Waals surface area contributed by atoms with E-state index < -0.39 is 0 Å². The van der Waals surface area contributed by atoms with Crippen LogP contribution in [-0.4, -0.2) is 16.3 Å². The summed E-state index contributed by atoms with van der Waals surface area (Å²) in [7, 11) is 0. The average Bonchev–Trinajstić information content (AvgIpc) is 2.88. The topological polar surface area (TPSA) is 29.9 Å². The molecule has 0 fully saturated rings. The van der Waals surface area contributed by atoms with Crippen LogP contribution in [0.2, 0.25) is 0 Å². The number of rotatable bonds is 5. The second-order valence-corrected chi connectivity index (χ2v) is 6.59. The summed E-state index contributed by atoms with van der Waals surface area (Å²) in [6.45, 7) is 6.08. The maximum atomic E-state index is 4.26. The number of hydrogen-bond donors (Lipinski definition) is 1. The molecule has 92 valence electrons. The number of nitrogens with one attached hydrogen (secondary N) is 1. The lowest BCUT2D eigenvalue weighted by Crippen LogP contribution is -2.22. The van der Waals surface area contributed by atoms with Crippen LogP contribution in [0.4, 0.5) is 0 Å². The number of halogens is 1. The van der Waals surface area contributed by atoms with Crippen molar-refractivity contribution in [2.75, 3.05) is 6.54 Å². The molecule has 0 aliphatic carbocycles. The third-order valence-corrected chi connectivity index (χ3v) is 4.38. The highest BCUT2D eigenvalue weighted by Crippen LogP contribution is 2.26. The molecule has 0 saturated carbocycles. The van der Waals surface area contributed by atoms with Crippen LogP contribution in [0.15, 0.2) is 28.3 Å². The van der Waals surface area contributed by atoms with Crippen LogP contribution in [0.1, 0.15) is 23.4 Å². The van der Waals surface area contributed by atoms with Crippen LogP contribution in [0.5, 0.6) is 0 Å². The van der Waals surface area contributed by atoms with Gasteiger partial charge in [-0.3, -0.25) is 4.68 Å². The molecule has 0 saturated heterocycles. The Bertz CT molecular complexity index is 478. The molecule has 2 aromatic rings. The van der Waals surface area contributed by atoms with E-state index in [1.807, 2.05) is 10.9 Å². The van der Waals surface area contributed by atoms with E-state index in [9.17, 15) is 0 Å². The van der Waals surface area contributed by atoms with E-state index >= 15 is 0 Å². The Balaban J connectivity index is 1.78. The van der Waals surface area contributed by atoms with Crippen LogP contribution in [0, 0.1) is 6.92 Å². The molecule has 1 atom stereocenters. The number of hydrogen-bond acceptors (Lipinski definition) is 3. The molecule has 2 aromatic heterocycles. The molecule has 1 N–H and O–H groups in total. The first kappa shape index (κ1) is 12.8. The highest BCUT2D eigenvalue weighted by molar-refractivity contribution is 9.11. The summed E-state index contributed by atoms with van der Waals surface area (Å²) in [5.41, 5.74) is 1.21. The first-order chi connectivity index (χ1) is 8.15. The number of aromatic nitrogens is 2. The van der Waals surface area contributed by atoms with E-state index in [0.29, 0.717) is 6.04 Å². The van der Waals surface area contributed by atoms with Gasteiger partial charge in [0.15, 0.2) is 0 Å². The zero-order chi connectivity index (χ0) is 12.3. The molecule has 2 rings (SSSR count). The Morgan fingerprint density at radius 3 is 2.94 bits per heavy atom. The Kier molecular flexibility index (Phi) is 4.36. The van der Waals surface area contributed by atoms with Gasteiger partial charge < -0.3 is 5.32 Å². The SMILES string of the molecule is Cc1cnn(CCNC(C)c2ccc(Br)s2)c1. The molecule has 0 amide bonds. The van der Waals surface area contributed by atoms with Crippen molar-refractivity contribution in [3.63, 3.8) is 0 Å². The molecule has 3 nitrogen and oxygen atoms in total. The van der Waals surface area contributed by atoms with Gasteiger partial charge in [0.25, 0.3) is 0 Å². The van der Waals surface area contributed by atoms with Gasteiger partial charge in [-0.05, 0) is 47.5 Å². The van der Waals surface area contributed by atoms with Crippen LogP contribution in [0.3, 0.4) is 0 Å². The monoisotopic (exact) mass is 313 g/mol. The summed E-state index contributed by atoms with van der Waals surface area (Å²) >= 11 is 5.26. The van der Waals surface area contributed by atoms with Gasteiger partial charge in [0.05, 0.1) is 16.5 Å². The van der Waals surface area contributed by atoms with Crippen molar-refractivity contribution in [2.24, 2.45) is 0 Å². The van der Waals surface area contributed by atoms with Crippen molar-refractivity contribution < 1.29 is 0 Å². The molecule has 0 bridgehead atoms. The highest BCUT2D eigenvalue weighted by Gasteiger charge is 2.06. The van der Waals surface area contributed by atoms with Crippen LogP contribution in [0.25, 0.3) is 0 Å². The lowest BCUT2D eigenvalue weighted by molar-refractivity contribution is 0.511. The smallest absolute Gasteiger partial charge is 0.0701 e. The van der Waals surface area contributed by atoms with Gasteiger partial charge in [-0.15, -0.1) is 11.3 Å². The fraction of sp³-hybridized carbons (Fsp3) is 0.417. The van der Waals surface area contributed by atoms with E-state index in [1.165, 1.54) is 14.2 Å². The minimum Gasteiger partial charge on any atom is -0.308 e. The second kappa shape index (κ2) is 5.80. The van der Waals surface area contributed by atoms with E-state index in [1.54, 1.807) is 11.3 Å². The molecule has 2 heterocycles. The molecule has 0 aromatic carbocycles. The van der Waals surface area contributed by atoms with Crippen LogP contribution in [-0.2, 0) is 6.54 Å². The van der Waals surface area contributed by atoms with Crippen molar-refractivity contribution >= 4 is 27.3 Å². The summed E-state index contributed by atoms with van der Waals surface area (Å²) in [4.78, 5) is 1.36. The maximum Gasteiger partial charge on any atom is 0.0701 e. The van der Waals surface area contributed by atoms with Gasteiger partial charge in [0.1, 0.15) is 0 Å². The predicted octanol–water partition coefficient (Wildman–Crippen LogP) is 3.37. The molecule has 1 unspecified atom stereocenters. The van der Waals surface area contributed by atoms with Crippen molar-refractivity contribution in [2.45, 2.75) is 26.4 Å². The van der Waals surface area contributed by atoms with E-state index in [-0.39, 0.29) is 0 Å². The maximum absolute atomic E-state index is 4.26. The predicted molar refractivity (Wildman–Crippen MR) is 75.4 cm³/mol. The van der Waals surface area contributed by atoms with Crippen molar-refractivity contribution in [3.8, 4) is 0 Å². The van der Waals surface area contributed by atoms with Gasteiger partial charge in [-0.25, -0.2) is 0 Å². The fourth-order valence-corrected chi connectivity index (χ4v) is 3.10. The summed E-state index contributed by atoms with van der Waals surface area (Å²) in [6, 6.07) is 4.64. The molecular formula is C12H16BrN3S. The van der Waals surface area contributed by atoms with E-state index in [4.69, 9.17) is 0 Å². The van der Waals surface area contributed by atoms with Crippen LogP contribution < -0.4 is 5.32 Å². The molecule has 0 spiro atoms. The lowest BCUT2D eigenvalue weighted by atomic mass is 10.3. The van der Waals surface area contributed by atoms with E-state index in [0.717, 1.165) is 13.1 Å². The van der Waals surface area contributed by atoms with Gasteiger partial charge in [0, 0.05) is 23.7 Å². The molecule has 0 aliphatic heterocycles. The normalized spacial score (nSPS) is 12.9. The largest absolute Gasteiger partial charge is 0.308 e. The lowest BCUT2D eigenvalue weighted by Gasteiger charge is -2.11. The number of nitrogens with zero attached hydrogens (tertiary/aromatic N) is 2. The number of thiophene rings is 1. The minimum atomic E-state index is 0.392.